The molecule has 0 saturated heterocycles. The average molecular weight is 315 g/mol. The van der Waals surface area contributed by atoms with Gasteiger partial charge in [-0.25, -0.2) is 0 Å². The topological polar surface area (TPSA) is 9.23 Å². The number of hydrogen-bond donors (Lipinski definition) is 0. The first kappa shape index (κ1) is 15.3. The molecule has 3 rings (SSSR count). The van der Waals surface area contributed by atoms with Crippen LogP contribution in [0.15, 0.2) is 85.4 Å². The average Bonchev–Trinajstić information content (AvgIpc) is 2.61. The van der Waals surface area contributed by atoms with Crippen molar-refractivity contribution >= 4 is 25.5 Å². The smallest absolute Gasteiger partial charge is 0.352 e. The Balaban J connectivity index is 2.04. The van der Waals surface area contributed by atoms with Crippen LogP contribution in [0.1, 0.15) is 11.1 Å². The molecule has 0 saturated carbocycles. The van der Waals surface area contributed by atoms with Crippen molar-refractivity contribution in [3.05, 3.63) is 96.6 Å². The molecule has 1 radical (unpaired) electrons. The van der Waals surface area contributed by atoms with Crippen LogP contribution < -0.4 is 14.8 Å². The summed E-state index contributed by atoms with van der Waals surface area (Å²) in [5, 5.41) is 2.47. The Morgan fingerprint density at radius 1 is 0.826 bits per heavy atom. The molecule has 3 aromatic rings. The maximum absolute atomic E-state index is 6.52. The van der Waals surface area contributed by atoms with Crippen molar-refractivity contribution in [1.29, 1.82) is 0 Å². The molecule has 2 heteroatoms. The first-order valence-electron chi connectivity index (χ1n) is 7.66. The molecule has 0 aliphatic heterocycles. The van der Waals surface area contributed by atoms with Crippen molar-refractivity contribution in [3.8, 4) is 5.75 Å². The SMILES string of the molecule is C=Cc1ccc(C)cc1O[Si](c1ccccc1)c1ccccc1. The molecule has 23 heavy (non-hydrogen) atoms. The lowest BCUT2D eigenvalue weighted by Crippen LogP contribution is -2.47. The Labute approximate surface area is 139 Å². The third kappa shape index (κ3) is 3.61. The van der Waals surface area contributed by atoms with Gasteiger partial charge >= 0.3 is 9.04 Å². The quantitative estimate of drug-likeness (QED) is 0.650. The van der Waals surface area contributed by atoms with Gasteiger partial charge in [-0.05, 0) is 28.9 Å². The van der Waals surface area contributed by atoms with Crippen molar-refractivity contribution in [1.82, 2.24) is 0 Å². The second-order valence-electron chi connectivity index (χ2n) is 5.41. The molecule has 0 amide bonds. The van der Waals surface area contributed by atoms with Crippen LogP contribution in [0.5, 0.6) is 5.75 Å². The van der Waals surface area contributed by atoms with Crippen LogP contribution in [0.3, 0.4) is 0 Å². The molecular formula is C21H19OSi. The largest absolute Gasteiger partial charge is 0.532 e. The van der Waals surface area contributed by atoms with E-state index in [2.05, 4.69) is 80.2 Å². The van der Waals surface area contributed by atoms with Crippen LogP contribution in [-0.4, -0.2) is 9.04 Å². The van der Waals surface area contributed by atoms with Crippen LogP contribution >= 0.6 is 0 Å². The zero-order chi connectivity index (χ0) is 16.1. The maximum atomic E-state index is 6.52. The molecule has 3 aromatic carbocycles. The zero-order valence-corrected chi connectivity index (χ0v) is 14.2. The summed E-state index contributed by atoms with van der Waals surface area (Å²) >= 11 is 0. The predicted molar refractivity (Wildman–Crippen MR) is 99.8 cm³/mol. The van der Waals surface area contributed by atoms with E-state index in [0.29, 0.717) is 0 Å². The monoisotopic (exact) mass is 315 g/mol. The molecule has 0 aliphatic rings. The van der Waals surface area contributed by atoms with Crippen LogP contribution in [0.2, 0.25) is 0 Å². The summed E-state index contributed by atoms with van der Waals surface area (Å²) in [4.78, 5) is 0. The molecule has 0 fully saturated rings. The fourth-order valence-corrected chi connectivity index (χ4v) is 4.43. The van der Waals surface area contributed by atoms with E-state index in [4.69, 9.17) is 4.43 Å². The Hall–Kier alpha value is -2.58. The minimum atomic E-state index is -1.35. The number of rotatable bonds is 5. The lowest BCUT2D eigenvalue weighted by molar-refractivity contribution is 0.589. The molecule has 0 aliphatic carbocycles. The Morgan fingerprint density at radius 2 is 1.39 bits per heavy atom. The summed E-state index contributed by atoms with van der Waals surface area (Å²) in [6, 6.07) is 27.2. The van der Waals surface area contributed by atoms with Gasteiger partial charge in [-0.3, -0.25) is 0 Å². The third-order valence-electron chi connectivity index (χ3n) is 3.67. The van der Waals surface area contributed by atoms with Crippen molar-refractivity contribution in [3.63, 3.8) is 0 Å². The molecule has 0 atom stereocenters. The minimum absolute atomic E-state index is 0.904. The van der Waals surface area contributed by atoms with Crippen LogP contribution in [0, 0.1) is 6.92 Å². The predicted octanol–water partition coefficient (Wildman–Crippen LogP) is 3.82. The standard InChI is InChI=1S/C21H19OSi/c1-3-18-15-14-17(2)16-21(18)22-23(19-10-6-4-7-11-19)20-12-8-5-9-13-20/h3-16H,1H2,2H3. The highest BCUT2D eigenvalue weighted by molar-refractivity contribution is 6.80. The van der Waals surface area contributed by atoms with Crippen molar-refractivity contribution in [2.45, 2.75) is 6.92 Å². The van der Waals surface area contributed by atoms with E-state index < -0.39 is 9.04 Å². The summed E-state index contributed by atoms with van der Waals surface area (Å²) in [6.07, 6.45) is 1.85. The fraction of sp³-hybridized carbons (Fsp3) is 0.0476. The van der Waals surface area contributed by atoms with E-state index in [1.54, 1.807) is 0 Å². The minimum Gasteiger partial charge on any atom is -0.532 e. The van der Waals surface area contributed by atoms with E-state index in [1.807, 2.05) is 18.2 Å². The van der Waals surface area contributed by atoms with Gasteiger partial charge in [0.1, 0.15) is 5.75 Å². The molecule has 113 valence electrons. The zero-order valence-electron chi connectivity index (χ0n) is 13.2. The first-order valence-corrected chi connectivity index (χ1v) is 9.07. The van der Waals surface area contributed by atoms with E-state index >= 15 is 0 Å². The molecule has 1 nitrogen and oxygen atoms in total. The van der Waals surface area contributed by atoms with E-state index in [9.17, 15) is 0 Å². The second kappa shape index (κ2) is 7.12. The van der Waals surface area contributed by atoms with Gasteiger partial charge in [-0.1, -0.05) is 85.5 Å². The summed E-state index contributed by atoms with van der Waals surface area (Å²) in [5.41, 5.74) is 2.22. The Morgan fingerprint density at radius 3 is 1.91 bits per heavy atom. The second-order valence-corrected chi connectivity index (χ2v) is 7.43. The summed E-state index contributed by atoms with van der Waals surface area (Å²) in [6.45, 7) is 5.99. The first-order chi connectivity index (χ1) is 11.3. The lowest BCUT2D eigenvalue weighted by Gasteiger charge is -2.19. The van der Waals surface area contributed by atoms with Crippen LogP contribution in [0.4, 0.5) is 0 Å². The lowest BCUT2D eigenvalue weighted by atomic mass is 10.1. The molecule has 0 N–H and O–H groups in total. The number of benzene rings is 3. The van der Waals surface area contributed by atoms with Gasteiger partial charge in [0, 0.05) is 5.56 Å². The van der Waals surface area contributed by atoms with Crippen LogP contribution in [0.25, 0.3) is 6.08 Å². The summed E-state index contributed by atoms with van der Waals surface area (Å²) in [5.74, 6) is 0.904. The van der Waals surface area contributed by atoms with Gasteiger partial charge in [-0.2, -0.15) is 0 Å². The van der Waals surface area contributed by atoms with Crippen molar-refractivity contribution in [2.75, 3.05) is 0 Å². The van der Waals surface area contributed by atoms with Gasteiger partial charge in [-0.15, -0.1) is 0 Å². The van der Waals surface area contributed by atoms with Gasteiger partial charge in [0.15, 0.2) is 0 Å². The molecule has 0 unspecified atom stereocenters. The van der Waals surface area contributed by atoms with Crippen LogP contribution in [-0.2, 0) is 0 Å². The fourth-order valence-electron chi connectivity index (χ4n) is 2.47. The third-order valence-corrected chi connectivity index (χ3v) is 5.81. The summed E-state index contributed by atoms with van der Waals surface area (Å²) in [7, 11) is -1.35. The molecule has 0 aromatic heterocycles. The summed E-state index contributed by atoms with van der Waals surface area (Å²) < 4.78 is 6.52. The molecule has 0 bridgehead atoms. The maximum Gasteiger partial charge on any atom is 0.352 e. The highest BCUT2D eigenvalue weighted by atomic mass is 28.3. The Kier molecular flexibility index (Phi) is 4.74. The van der Waals surface area contributed by atoms with E-state index in [1.165, 1.54) is 15.9 Å². The molecular weight excluding hydrogens is 296 g/mol. The normalized spacial score (nSPS) is 10.5. The van der Waals surface area contributed by atoms with Gasteiger partial charge in [0.25, 0.3) is 0 Å². The highest BCUT2D eigenvalue weighted by Crippen LogP contribution is 2.22. The van der Waals surface area contributed by atoms with E-state index in [-0.39, 0.29) is 0 Å². The van der Waals surface area contributed by atoms with E-state index in [0.717, 1.165) is 11.3 Å². The highest BCUT2D eigenvalue weighted by Gasteiger charge is 2.22. The Bertz CT molecular complexity index is 742. The van der Waals surface area contributed by atoms with Crippen molar-refractivity contribution in [2.24, 2.45) is 0 Å². The van der Waals surface area contributed by atoms with Crippen molar-refractivity contribution < 1.29 is 4.43 Å². The van der Waals surface area contributed by atoms with Gasteiger partial charge < -0.3 is 4.43 Å². The van der Waals surface area contributed by atoms with Gasteiger partial charge in [0.2, 0.25) is 0 Å². The molecule has 0 heterocycles. The number of aryl methyl sites for hydroxylation is 1. The van der Waals surface area contributed by atoms with Gasteiger partial charge in [0.05, 0.1) is 0 Å². The molecule has 0 spiro atoms. The number of hydrogen-bond acceptors (Lipinski definition) is 1.